The molecule has 0 radical (unpaired) electrons. The second kappa shape index (κ2) is 6.22. The van der Waals surface area contributed by atoms with Crippen molar-refractivity contribution in [2.75, 3.05) is 11.1 Å². The van der Waals surface area contributed by atoms with E-state index in [0.29, 0.717) is 5.82 Å². The summed E-state index contributed by atoms with van der Waals surface area (Å²) in [5.41, 5.74) is 8.99. The molecular weight excluding hydrogens is 316 g/mol. The molecule has 1 aromatic heterocycles. The first kappa shape index (κ1) is 14.8. The maximum atomic E-state index is 5.97. The highest BCUT2D eigenvalue weighted by atomic mass is 79.9. The lowest BCUT2D eigenvalue weighted by Crippen LogP contribution is -2.07. The van der Waals surface area contributed by atoms with Crippen molar-refractivity contribution < 1.29 is 0 Å². The van der Waals surface area contributed by atoms with Crippen molar-refractivity contribution in [3.8, 4) is 0 Å². The zero-order valence-electron chi connectivity index (χ0n) is 12.0. The Hall–Kier alpha value is -1.62. The first-order chi connectivity index (χ1) is 9.52. The van der Waals surface area contributed by atoms with E-state index >= 15 is 0 Å². The van der Waals surface area contributed by atoms with Gasteiger partial charge in [0.05, 0.1) is 5.69 Å². The average molecular weight is 335 g/mol. The normalized spacial score (nSPS) is 10.6. The standard InChI is InChI=1S/C15H19BrN4/c1-4-6-12-19-14(17)10(3)15(20-12)18-11-8-5-7-9(2)13(11)16/h5,7-8H,4,6H2,1-3H3,(H3,17,18,19,20). The molecule has 0 aliphatic heterocycles. The number of aryl methyl sites for hydroxylation is 2. The van der Waals surface area contributed by atoms with Gasteiger partial charge in [-0.25, -0.2) is 9.97 Å². The minimum atomic E-state index is 0.537. The van der Waals surface area contributed by atoms with E-state index in [1.54, 1.807) is 0 Å². The van der Waals surface area contributed by atoms with Gasteiger partial charge < -0.3 is 11.1 Å². The molecule has 0 saturated heterocycles. The van der Waals surface area contributed by atoms with Crippen molar-refractivity contribution in [3.05, 3.63) is 39.6 Å². The van der Waals surface area contributed by atoms with Gasteiger partial charge in [-0.3, -0.25) is 0 Å². The van der Waals surface area contributed by atoms with E-state index in [1.807, 2.05) is 19.1 Å². The van der Waals surface area contributed by atoms with Crippen LogP contribution in [-0.4, -0.2) is 9.97 Å². The first-order valence-electron chi connectivity index (χ1n) is 6.68. The Labute approximate surface area is 128 Å². The van der Waals surface area contributed by atoms with Gasteiger partial charge in [-0.15, -0.1) is 0 Å². The number of hydrogen-bond acceptors (Lipinski definition) is 4. The molecule has 2 aromatic rings. The number of nitrogens with two attached hydrogens (primary N) is 1. The van der Waals surface area contributed by atoms with Gasteiger partial charge >= 0.3 is 0 Å². The van der Waals surface area contributed by atoms with E-state index < -0.39 is 0 Å². The molecule has 5 heteroatoms. The summed E-state index contributed by atoms with van der Waals surface area (Å²) in [4.78, 5) is 8.89. The van der Waals surface area contributed by atoms with Gasteiger partial charge in [-0.05, 0) is 47.8 Å². The molecule has 0 amide bonds. The van der Waals surface area contributed by atoms with Crippen LogP contribution in [0.5, 0.6) is 0 Å². The number of benzene rings is 1. The summed E-state index contributed by atoms with van der Waals surface area (Å²) in [5.74, 6) is 2.09. The van der Waals surface area contributed by atoms with Crippen LogP contribution in [0.25, 0.3) is 0 Å². The molecule has 20 heavy (non-hydrogen) atoms. The number of nitrogens with one attached hydrogen (secondary N) is 1. The molecule has 0 bridgehead atoms. The van der Waals surface area contributed by atoms with Gasteiger partial charge in [0.2, 0.25) is 0 Å². The third-order valence-electron chi connectivity index (χ3n) is 3.15. The van der Waals surface area contributed by atoms with Crippen molar-refractivity contribution in [1.29, 1.82) is 0 Å². The molecule has 0 saturated carbocycles. The fraction of sp³-hybridized carbons (Fsp3) is 0.333. The first-order valence-corrected chi connectivity index (χ1v) is 7.47. The Kier molecular flexibility index (Phi) is 4.60. The third-order valence-corrected chi connectivity index (χ3v) is 4.20. The van der Waals surface area contributed by atoms with E-state index in [1.165, 1.54) is 5.56 Å². The van der Waals surface area contributed by atoms with Crippen molar-refractivity contribution in [1.82, 2.24) is 9.97 Å². The number of hydrogen-bond donors (Lipinski definition) is 2. The number of anilines is 3. The van der Waals surface area contributed by atoms with Crippen molar-refractivity contribution in [3.63, 3.8) is 0 Å². The molecule has 106 valence electrons. The van der Waals surface area contributed by atoms with Gasteiger partial charge in [0.1, 0.15) is 17.5 Å². The van der Waals surface area contributed by atoms with Crippen LogP contribution >= 0.6 is 15.9 Å². The SMILES string of the molecule is CCCc1nc(N)c(C)c(Nc2cccc(C)c2Br)n1. The fourth-order valence-electron chi connectivity index (χ4n) is 1.91. The van der Waals surface area contributed by atoms with E-state index in [-0.39, 0.29) is 0 Å². The summed E-state index contributed by atoms with van der Waals surface area (Å²) in [6.07, 6.45) is 1.82. The second-order valence-electron chi connectivity index (χ2n) is 4.81. The Morgan fingerprint density at radius 3 is 2.70 bits per heavy atom. The molecule has 0 unspecified atom stereocenters. The van der Waals surface area contributed by atoms with E-state index in [9.17, 15) is 0 Å². The molecule has 0 fully saturated rings. The van der Waals surface area contributed by atoms with Crippen LogP contribution in [0.3, 0.4) is 0 Å². The van der Waals surface area contributed by atoms with E-state index in [4.69, 9.17) is 5.73 Å². The van der Waals surface area contributed by atoms with Gasteiger partial charge in [0.25, 0.3) is 0 Å². The fourth-order valence-corrected chi connectivity index (χ4v) is 2.27. The largest absolute Gasteiger partial charge is 0.383 e. The zero-order valence-corrected chi connectivity index (χ0v) is 13.6. The second-order valence-corrected chi connectivity index (χ2v) is 5.60. The number of nitrogen functional groups attached to an aromatic ring is 1. The molecule has 1 heterocycles. The summed E-state index contributed by atoms with van der Waals surface area (Å²) >= 11 is 3.59. The van der Waals surface area contributed by atoms with Gasteiger partial charge in [-0.2, -0.15) is 0 Å². The van der Waals surface area contributed by atoms with Crippen LogP contribution in [0.2, 0.25) is 0 Å². The van der Waals surface area contributed by atoms with E-state index in [2.05, 4.69) is 51.1 Å². The number of rotatable bonds is 4. The highest BCUT2D eigenvalue weighted by Crippen LogP contribution is 2.30. The van der Waals surface area contributed by atoms with Gasteiger partial charge in [-0.1, -0.05) is 19.1 Å². The summed E-state index contributed by atoms with van der Waals surface area (Å²) in [7, 11) is 0. The Morgan fingerprint density at radius 1 is 1.25 bits per heavy atom. The van der Waals surface area contributed by atoms with Crippen LogP contribution in [0.1, 0.15) is 30.3 Å². The molecule has 1 aromatic carbocycles. The topological polar surface area (TPSA) is 63.8 Å². The lowest BCUT2D eigenvalue weighted by atomic mass is 10.2. The summed E-state index contributed by atoms with van der Waals surface area (Å²) in [6, 6.07) is 6.07. The molecule has 3 N–H and O–H groups in total. The lowest BCUT2D eigenvalue weighted by Gasteiger charge is -2.14. The third kappa shape index (κ3) is 3.10. The minimum absolute atomic E-state index is 0.537. The van der Waals surface area contributed by atoms with E-state index in [0.717, 1.165) is 40.2 Å². The number of nitrogens with zero attached hydrogens (tertiary/aromatic N) is 2. The molecule has 4 nitrogen and oxygen atoms in total. The Morgan fingerprint density at radius 2 is 2.00 bits per heavy atom. The Bertz CT molecular complexity index is 626. The summed E-state index contributed by atoms with van der Waals surface area (Å²) in [5, 5.41) is 3.34. The minimum Gasteiger partial charge on any atom is -0.383 e. The number of halogens is 1. The van der Waals surface area contributed by atoms with Crippen molar-refractivity contribution in [2.45, 2.75) is 33.6 Å². The Balaban J connectivity index is 2.39. The van der Waals surface area contributed by atoms with Crippen molar-refractivity contribution in [2.24, 2.45) is 0 Å². The monoisotopic (exact) mass is 334 g/mol. The average Bonchev–Trinajstić information content (AvgIpc) is 2.41. The molecule has 0 aliphatic carbocycles. The quantitative estimate of drug-likeness (QED) is 0.882. The number of aromatic nitrogens is 2. The van der Waals surface area contributed by atoms with Crippen LogP contribution in [0, 0.1) is 13.8 Å². The molecule has 2 rings (SSSR count). The highest BCUT2D eigenvalue weighted by molar-refractivity contribution is 9.10. The smallest absolute Gasteiger partial charge is 0.139 e. The maximum Gasteiger partial charge on any atom is 0.139 e. The zero-order chi connectivity index (χ0) is 14.7. The summed E-state index contributed by atoms with van der Waals surface area (Å²) in [6.45, 7) is 6.08. The predicted molar refractivity (Wildman–Crippen MR) is 87.3 cm³/mol. The van der Waals surface area contributed by atoms with Crippen LogP contribution < -0.4 is 11.1 Å². The van der Waals surface area contributed by atoms with Crippen molar-refractivity contribution >= 4 is 33.3 Å². The maximum absolute atomic E-state index is 5.97. The van der Waals surface area contributed by atoms with Crippen LogP contribution in [0.4, 0.5) is 17.3 Å². The van der Waals surface area contributed by atoms with Gasteiger partial charge in [0, 0.05) is 16.5 Å². The molecular formula is C15H19BrN4. The highest BCUT2D eigenvalue weighted by Gasteiger charge is 2.10. The van der Waals surface area contributed by atoms with Crippen LogP contribution in [0.15, 0.2) is 22.7 Å². The van der Waals surface area contributed by atoms with Crippen LogP contribution in [-0.2, 0) is 6.42 Å². The molecule has 0 atom stereocenters. The predicted octanol–water partition coefficient (Wildman–Crippen LogP) is 4.13. The summed E-state index contributed by atoms with van der Waals surface area (Å²) < 4.78 is 1.04. The lowest BCUT2D eigenvalue weighted by molar-refractivity contribution is 0.836. The molecule has 0 aliphatic rings. The molecule has 0 spiro atoms. The van der Waals surface area contributed by atoms with Gasteiger partial charge in [0.15, 0.2) is 0 Å².